The van der Waals surface area contributed by atoms with Crippen molar-refractivity contribution < 1.29 is 0 Å². The lowest BCUT2D eigenvalue weighted by Crippen LogP contribution is -2.21. The fourth-order valence-electron chi connectivity index (χ4n) is 4.99. The van der Waals surface area contributed by atoms with E-state index in [0.717, 1.165) is 26.2 Å². The normalized spacial score (nSPS) is 10.5. The minimum atomic E-state index is 1.11. The molecule has 0 saturated carbocycles. The third kappa shape index (κ3) is 27.7. The van der Waals surface area contributed by atoms with Crippen LogP contribution in [0.4, 0.5) is 0 Å². The first-order valence-corrected chi connectivity index (χ1v) is 17.3. The molecule has 2 nitrogen and oxygen atoms in total. The summed E-state index contributed by atoms with van der Waals surface area (Å²) in [5.74, 6) is 6.50. The second-order valence-electron chi connectivity index (χ2n) is 11.5. The Morgan fingerprint density at radius 2 is 0.500 bits per heavy atom. The van der Waals surface area contributed by atoms with Gasteiger partial charge in [-0.2, -0.15) is 0 Å². The Bertz CT molecular complexity index is 492. The Labute approximate surface area is 241 Å². The summed E-state index contributed by atoms with van der Waals surface area (Å²) in [6.45, 7) is 13.6. The van der Waals surface area contributed by atoms with Gasteiger partial charge in [-0.05, 0) is 25.7 Å². The Morgan fingerprint density at radius 3 is 0.737 bits per heavy atom. The van der Waals surface area contributed by atoms with Crippen LogP contribution in [0.1, 0.15) is 182 Å². The zero-order valence-electron chi connectivity index (χ0n) is 26.7. The number of nitrogens with zero attached hydrogens (tertiary/aromatic N) is 2. The molecule has 0 aromatic carbocycles. The van der Waals surface area contributed by atoms with Crippen LogP contribution < -0.4 is 0 Å². The number of rotatable bonds is 28. The van der Waals surface area contributed by atoms with Crippen molar-refractivity contribution in [1.82, 2.24) is 9.80 Å². The van der Waals surface area contributed by atoms with Crippen LogP contribution in [0.25, 0.3) is 0 Å². The first-order chi connectivity index (χ1) is 18.8. The average Bonchev–Trinajstić information content (AvgIpc) is 2.93. The molecule has 0 aliphatic rings. The first kappa shape index (κ1) is 36.7. The van der Waals surface area contributed by atoms with Crippen LogP contribution in [0.3, 0.4) is 0 Å². The van der Waals surface area contributed by atoms with Gasteiger partial charge in [0.2, 0.25) is 0 Å². The molecule has 0 aromatic rings. The monoisotopic (exact) mass is 529 g/mol. The van der Waals surface area contributed by atoms with Crippen molar-refractivity contribution >= 4 is 0 Å². The van der Waals surface area contributed by atoms with Gasteiger partial charge in [0.15, 0.2) is 0 Å². The van der Waals surface area contributed by atoms with Gasteiger partial charge < -0.3 is 9.80 Å². The quantitative estimate of drug-likeness (QED) is 0.0566. The molecule has 0 aromatic heterocycles. The first-order valence-electron chi connectivity index (χ1n) is 17.3. The largest absolute Gasteiger partial charge is 0.332 e. The Morgan fingerprint density at radius 1 is 0.289 bits per heavy atom. The van der Waals surface area contributed by atoms with Gasteiger partial charge >= 0.3 is 0 Å². The topological polar surface area (TPSA) is 6.48 Å². The van der Waals surface area contributed by atoms with Crippen molar-refractivity contribution in [3.05, 3.63) is 0 Å². The second kappa shape index (κ2) is 31.9. The summed E-state index contributed by atoms with van der Waals surface area (Å²) < 4.78 is 0. The molecule has 0 atom stereocenters. The Kier molecular flexibility index (Phi) is 30.9. The van der Waals surface area contributed by atoms with E-state index in [4.69, 9.17) is 0 Å². The minimum absolute atomic E-state index is 1.11. The molecule has 2 heteroatoms. The maximum atomic E-state index is 3.44. The summed E-state index contributed by atoms with van der Waals surface area (Å²) in [6.07, 6.45) is 32.3. The van der Waals surface area contributed by atoms with Crippen LogP contribution in [0.5, 0.6) is 0 Å². The van der Waals surface area contributed by atoms with E-state index in [1.54, 1.807) is 0 Å². The van der Waals surface area contributed by atoms with E-state index < -0.39 is 0 Å². The van der Waals surface area contributed by atoms with Crippen molar-refractivity contribution in [2.45, 2.75) is 182 Å². The molecule has 0 N–H and O–H groups in total. The molecule has 0 unspecified atom stereocenters. The van der Waals surface area contributed by atoms with Crippen molar-refractivity contribution in [3.63, 3.8) is 0 Å². The zero-order chi connectivity index (χ0) is 27.8. The standard InChI is InChI=1S/C36H68N2/c1-5-9-13-17-21-25-31-37(32-26-22-18-14-10-6-2)35-29-30-36-38(33-27-23-19-15-11-7-3)34-28-24-20-16-12-8-4/h5-28,31-34H2,1-4H3. The van der Waals surface area contributed by atoms with Gasteiger partial charge in [0.05, 0.1) is 0 Å². The highest BCUT2D eigenvalue weighted by Crippen LogP contribution is 2.10. The molecule has 0 saturated heterocycles. The SMILES string of the molecule is CCCCCCCCN(C#CC#CN(CCCCCCCC)CCCCCCCC)CCCCCCCC. The van der Waals surface area contributed by atoms with E-state index in [9.17, 15) is 0 Å². The van der Waals surface area contributed by atoms with E-state index in [0.29, 0.717) is 0 Å². The zero-order valence-corrected chi connectivity index (χ0v) is 26.7. The number of hydrogen-bond acceptors (Lipinski definition) is 2. The summed E-state index contributed by atoms with van der Waals surface area (Å²) in [7, 11) is 0. The third-order valence-electron chi connectivity index (χ3n) is 7.62. The lowest BCUT2D eigenvalue weighted by atomic mass is 10.1. The molecule has 0 heterocycles. The Balaban J connectivity index is 4.76. The molecule has 38 heavy (non-hydrogen) atoms. The number of unbranched alkanes of at least 4 members (excludes halogenated alkanes) is 20. The smallest absolute Gasteiger partial charge is 0.0260 e. The van der Waals surface area contributed by atoms with Gasteiger partial charge in [-0.3, -0.25) is 0 Å². The van der Waals surface area contributed by atoms with Crippen LogP contribution in [0.15, 0.2) is 0 Å². The van der Waals surface area contributed by atoms with Gasteiger partial charge in [0.25, 0.3) is 0 Å². The molecule has 0 rings (SSSR count). The lowest BCUT2D eigenvalue weighted by molar-refractivity contribution is 0.367. The maximum Gasteiger partial charge on any atom is 0.0260 e. The molecule has 0 fully saturated rings. The molecule has 222 valence electrons. The van der Waals surface area contributed by atoms with Crippen molar-refractivity contribution in [3.8, 4) is 23.9 Å². The average molecular weight is 529 g/mol. The lowest BCUT2D eigenvalue weighted by Gasteiger charge is -2.18. The number of hydrogen-bond donors (Lipinski definition) is 0. The van der Waals surface area contributed by atoms with E-state index >= 15 is 0 Å². The van der Waals surface area contributed by atoms with Crippen LogP contribution in [0.2, 0.25) is 0 Å². The van der Waals surface area contributed by atoms with Gasteiger partial charge in [0, 0.05) is 50.1 Å². The maximum absolute atomic E-state index is 3.44. The molecule has 0 bridgehead atoms. The van der Waals surface area contributed by atoms with Gasteiger partial charge in [-0.1, -0.05) is 156 Å². The third-order valence-corrected chi connectivity index (χ3v) is 7.62. The van der Waals surface area contributed by atoms with Gasteiger partial charge in [-0.15, -0.1) is 0 Å². The predicted molar refractivity (Wildman–Crippen MR) is 172 cm³/mol. The van der Waals surface area contributed by atoms with Crippen LogP contribution in [-0.2, 0) is 0 Å². The highest BCUT2D eigenvalue weighted by Gasteiger charge is 2.02. The van der Waals surface area contributed by atoms with Crippen molar-refractivity contribution in [2.24, 2.45) is 0 Å². The Hall–Kier alpha value is -1.28. The van der Waals surface area contributed by atoms with Crippen LogP contribution in [-0.4, -0.2) is 36.0 Å². The second-order valence-corrected chi connectivity index (χ2v) is 11.5. The molecular weight excluding hydrogens is 460 g/mol. The van der Waals surface area contributed by atoms with Crippen molar-refractivity contribution in [1.29, 1.82) is 0 Å². The van der Waals surface area contributed by atoms with Crippen LogP contribution >= 0.6 is 0 Å². The molecule has 0 radical (unpaired) electrons. The summed E-state index contributed by atoms with van der Waals surface area (Å²) in [6, 6.07) is 6.89. The summed E-state index contributed by atoms with van der Waals surface area (Å²) in [4.78, 5) is 4.75. The molecular formula is C36H68N2. The molecule has 0 aliphatic heterocycles. The molecule has 0 spiro atoms. The fourth-order valence-corrected chi connectivity index (χ4v) is 4.99. The summed E-state index contributed by atoms with van der Waals surface area (Å²) in [5.41, 5.74) is 0. The van der Waals surface area contributed by atoms with E-state index in [1.807, 2.05) is 0 Å². The minimum Gasteiger partial charge on any atom is -0.332 e. The fraction of sp³-hybridized carbons (Fsp3) is 0.889. The summed E-state index contributed by atoms with van der Waals surface area (Å²) >= 11 is 0. The van der Waals surface area contributed by atoms with Crippen molar-refractivity contribution in [2.75, 3.05) is 26.2 Å². The van der Waals surface area contributed by atoms with E-state index in [2.05, 4.69) is 61.4 Å². The summed E-state index contributed by atoms with van der Waals surface area (Å²) in [5, 5.41) is 0. The highest BCUT2D eigenvalue weighted by molar-refractivity contribution is 5.25. The van der Waals surface area contributed by atoms with Gasteiger partial charge in [-0.25, -0.2) is 0 Å². The van der Waals surface area contributed by atoms with Gasteiger partial charge in [0.1, 0.15) is 0 Å². The van der Waals surface area contributed by atoms with E-state index in [-0.39, 0.29) is 0 Å². The highest BCUT2D eigenvalue weighted by atomic mass is 15.1. The molecule has 0 aliphatic carbocycles. The predicted octanol–water partition coefficient (Wildman–Crippen LogP) is 11.0. The molecule has 0 amide bonds. The van der Waals surface area contributed by atoms with E-state index in [1.165, 1.54) is 154 Å². The van der Waals surface area contributed by atoms with Crippen LogP contribution in [0, 0.1) is 23.9 Å².